The molecule has 1 aliphatic carbocycles. The van der Waals surface area contributed by atoms with Crippen LogP contribution in [0.25, 0.3) is 0 Å². The van der Waals surface area contributed by atoms with Gasteiger partial charge in [-0.15, -0.1) is 0 Å². The molecule has 0 bridgehead atoms. The van der Waals surface area contributed by atoms with Crippen LogP contribution in [0.1, 0.15) is 38.2 Å². The second-order valence-corrected chi connectivity index (χ2v) is 5.14. The minimum atomic E-state index is -0.762. The maximum atomic E-state index is 13.0. The van der Waals surface area contributed by atoms with Gasteiger partial charge in [-0.1, -0.05) is 13.0 Å². The third kappa shape index (κ3) is 3.77. The lowest BCUT2D eigenvalue weighted by Gasteiger charge is -2.16. The summed E-state index contributed by atoms with van der Waals surface area (Å²) in [5, 5.41) is 3.52. The molecule has 1 unspecified atom stereocenters. The van der Waals surface area contributed by atoms with E-state index in [0.29, 0.717) is 6.04 Å². The molecule has 1 aromatic carbocycles. The van der Waals surface area contributed by atoms with Gasteiger partial charge in [0.1, 0.15) is 0 Å². The zero-order valence-corrected chi connectivity index (χ0v) is 10.9. The van der Waals surface area contributed by atoms with E-state index in [0.717, 1.165) is 37.3 Å². The standard InChI is InChI=1S/C15H21F2N/c1-2-18-15(12-7-8-12)5-3-4-11-6-9-13(16)14(17)10-11/h6,9-10,12,15,18H,2-5,7-8H2,1H3. The van der Waals surface area contributed by atoms with Crippen molar-refractivity contribution < 1.29 is 8.78 Å². The quantitative estimate of drug-likeness (QED) is 0.781. The van der Waals surface area contributed by atoms with Crippen LogP contribution in [0.15, 0.2) is 18.2 Å². The van der Waals surface area contributed by atoms with E-state index in [1.54, 1.807) is 6.07 Å². The largest absolute Gasteiger partial charge is 0.314 e. The molecule has 0 saturated heterocycles. The molecule has 0 amide bonds. The first-order valence-electron chi connectivity index (χ1n) is 6.88. The Kier molecular flexibility index (Phi) is 4.70. The van der Waals surface area contributed by atoms with Crippen LogP contribution in [-0.4, -0.2) is 12.6 Å². The highest BCUT2D eigenvalue weighted by Gasteiger charge is 2.29. The Morgan fingerprint density at radius 1 is 1.28 bits per heavy atom. The minimum absolute atomic E-state index is 0.611. The van der Waals surface area contributed by atoms with Gasteiger partial charge in [0.15, 0.2) is 11.6 Å². The lowest BCUT2D eigenvalue weighted by atomic mass is 10.0. The highest BCUT2D eigenvalue weighted by Crippen LogP contribution is 2.34. The summed E-state index contributed by atoms with van der Waals surface area (Å²) in [6.07, 6.45) is 5.65. The van der Waals surface area contributed by atoms with Crippen molar-refractivity contribution in [2.24, 2.45) is 5.92 Å². The zero-order valence-electron chi connectivity index (χ0n) is 10.9. The average Bonchev–Trinajstić information content (AvgIpc) is 3.17. The van der Waals surface area contributed by atoms with Crippen molar-refractivity contribution in [2.45, 2.75) is 45.1 Å². The molecule has 0 heterocycles. The summed E-state index contributed by atoms with van der Waals surface area (Å²) in [6.45, 7) is 3.14. The molecule has 3 heteroatoms. The molecule has 0 spiro atoms. The molecule has 0 aromatic heterocycles. The van der Waals surface area contributed by atoms with E-state index in [2.05, 4.69) is 12.2 Å². The molecule has 1 N–H and O–H groups in total. The van der Waals surface area contributed by atoms with Crippen LogP contribution < -0.4 is 5.32 Å². The Bertz CT molecular complexity index is 388. The van der Waals surface area contributed by atoms with E-state index in [1.165, 1.54) is 25.0 Å². The molecule has 0 radical (unpaired) electrons. The van der Waals surface area contributed by atoms with Crippen molar-refractivity contribution in [2.75, 3.05) is 6.54 Å². The van der Waals surface area contributed by atoms with Crippen molar-refractivity contribution in [3.05, 3.63) is 35.4 Å². The molecule has 1 nitrogen and oxygen atoms in total. The summed E-state index contributed by atoms with van der Waals surface area (Å²) >= 11 is 0. The monoisotopic (exact) mass is 253 g/mol. The Balaban J connectivity index is 1.78. The number of aryl methyl sites for hydroxylation is 1. The fourth-order valence-electron chi connectivity index (χ4n) is 2.49. The van der Waals surface area contributed by atoms with Crippen molar-refractivity contribution in [1.82, 2.24) is 5.32 Å². The summed E-state index contributed by atoms with van der Waals surface area (Å²) < 4.78 is 25.8. The first-order chi connectivity index (χ1) is 8.70. The SMILES string of the molecule is CCNC(CCCc1ccc(F)c(F)c1)C1CC1. The van der Waals surface area contributed by atoms with Gasteiger partial charge in [-0.3, -0.25) is 0 Å². The number of benzene rings is 1. The summed E-state index contributed by atoms with van der Waals surface area (Å²) in [4.78, 5) is 0. The number of rotatable bonds is 7. The molecule has 100 valence electrons. The van der Waals surface area contributed by atoms with Gasteiger partial charge in [0.25, 0.3) is 0 Å². The molecule has 18 heavy (non-hydrogen) atoms. The molecule has 1 aliphatic rings. The minimum Gasteiger partial charge on any atom is -0.314 e. The van der Waals surface area contributed by atoms with Crippen LogP contribution in [-0.2, 0) is 6.42 Å². The molecule has 1 saturated carbocycles. The van der Waals surface area contributed by atoms with E-state index in [1.807, 2.05) is 0 Å². The van der Waals surface area contributed by atoms with E-state index in [-0.39, 0.29) is 0 Å². The normalized spacial score (nSPS) is 16.8. The number of nitrogens with one attached hydrogen (secondary N) is 1. The molecular weight excluding hydrogens is 232 g/mol. The predicted octanol–water partition coefficient (Wildman–Crippen LogP) is 3.68. The zero-order chi connectivity index (χ0) is 13.0. The number of hydrogen-bond acceptors (Lipinski definition) is 1. The fraction of sp³-hybridized carbons (Fsp3) is 0.600. The maximum absolute atomic E-state index is 13.0. The van der Waals surface area contributed by atoms with Crippen LogP contribution in [0.3, 0.4) is 0 Å². The third-order valence-electron chi connectivity index (χ3n) is 3.62. The molecule has 0 aliphatic heterocycles. The Labute approximate surface area is 108 Å². The maximum Gasteiger partial charge on any atom is 0.159 e. The van der Waals surface area contributed by atoms with Crippen LogP contribution >= 0.6 is 0 Å². The van der Waals surface area contributed by atoms with Crippen LogP contribution in [0, 0.1) is 17.6 Å². The lowest BCUT2D eigenvalue weighted by Crippen LogP contribution is -2.30. The fourth-order valence-corrected chi connectivity index (χ4v) is 2.49. The molecule has 2 rings (SSSR count). The lowest BCUT2D eigenvalue weighted by molar-refractivity contribution is 0.434. The van der Waals surface area contributed by atoms with Crippen molar-refractivity contribution >= 4 is 0 Å². The van der Waals surface area contributed by atoms with Crippen molar-refractivity contribution in [3.63, 3.8) is 0 Å². The van der Waals surface area contributed by atoms with Crippen LogP contribution in [0.2, 0.25) is 0 Å². The van der Waals surface area contributed by atoms with Crippen molar-refractivity contribution in [3.8, 4) is 0 Å². The van der Waals surface area contributed by atoms with Crippen LogP contribution in [0.5, 0.6) is 0 Å². The van der Waals surface area contributed by atoms with Gasteiger partial charge >= 0.3 is 0 Å². The number of halogens is 2. The molecule has 1 atom stereocenters. The topological polar surface area (TPSA) is 12.0 Å². The molecule has 1 aromatic rings. The van der Waals surface area contributed by atoms with Gasteiger partial charge in [0.05, 0.1) is 0 Å². The van der Waals surface area contributed by atoms with E-state index >= 15 is 0 Å². The smallest absolute Gasteiger partial charge is 0.159 e. The summed E-state index contributed by atoms with van der Waals surface area (Å²) in [5.74, 6) is -0.657. The van der Waals surface area contributed by atoms with E-state index < -0.39 is 11.6 Å². The first-order valence-corrected chi connectivity index (χ1v) is 6.88. The second kappa shape index (κ2) is 6.28. The first kappa shape index (κ1) is 13.5. The van der Waals surface area contributed by atoms with Crippen molar-refractivity contribution in [1.29, 1.82) is 0 Å². The Morgan fingerprint density at radius 2 is 2.06 bits per heavy atom. The second-order valence-electron chi connectivity index (χ2n) is 5.14. The summed E-state index contributed by atoms with van der Waals surface area (Å²) in [7, 11) is 0. The highest BCUT2D eigenvalue weighted by molar-refractivity contribution is 5.17. The van der Waals surface area contributed by atoms with Gasteiger partial charge in [-0.05, 0) is 62.3 Å². The summed E-state index contributed by atoms with van der Waals surface area (Å²) in [6, 6.07) is 4.82. The van der Waals surface area contributed by atoms with Gasteiger partial charge in [-0.2, -0.15) is 0 Å². The van der Waals surface area contributed by atoms with Gasteiger partial charge in [0, 0.05) is 6.04 Å². The van der Waals surface area contributed by atoms with E-state index in [4.69, 9.17) is 0 Å². The van der Waals surface area contributed by atoms with Gasteiger partial charge in [-0.25, -0.2) is 8.78 Å². The third-order valence-corrected chi connectivity index (χ3v) is 3.62. The highest BCUT2D eigenvalue weighted by atomic mass is 19.2. The summed E-state index contributed by atoms with van der Waals surface area (Å²) in [5.41, 5.74) is 0.889. The average molecular weight is 253 g/mol. The van der Waals surface area contributed by atoms with E-state index in [9.17, 15) is 8.78 Å². The van der Waals surface area contributed by atoms with Gasteiger partial charge in [0.2, 0.25) is 0 Å². The molecule has 1 fully saturated rings. The van der Waals surface area contributed by atoms with Gasteiger partial charge < -0.3 is 5.32 Å². The molecular formula is C15H21F2N. The number of hydrogen-bond donors (Lipinski definition) is 1. The predicted molar refractivity (Wildman–Crippen MR) is 69.5 cm³/mol. The Morgan fingerprint density at radius 3 is 2.67 bits per heavy atom. The van der Waals surface area contributed by atoms with Crippen LogP contribution in [0.4, 0.5) is 8.78 Å². The Hall–Kier alpha value is -0.960.